The first-order chi connectivity index (χ1) is 6.48. The van der Waals surface area contributed by atoms with Crippen LogP contribution in [-0.2, 0) is 10.0 Å². The first-order valence-corrected chi connectivity index (χ1v) is 6.70. The van der Waals surface area contributed by atoms with Gasteiger partial charge < -0.3 is 5.73 Å². The van der Waals surface area contributed by atoms with Crippen molar-refractivity contribution in [3.63, 3.8) is 0 Å². The Morgan fingerprint density at radius 3 is 2.07 bits per heavy atom. The predicted molar refractivity (Wildman–Crippen MR) is 62.1 cm³/mol. The molecule has 5 heteroatoms. The molecule has 90 valence electrons. The molecule has 0 aromatic carbocycles. The molecule has 1 heterocycles. The minimum absolute atomic E-state index is 0.0443. The van der Waals surface area contributed by atoms with Gasteiger partial charge in [-0.25, -0.2) is 8.42 Å². The van der Waals surface area contributed by atoms with Crippen LogP contribution >= 0.6 is 0 Å². The van der Waals surface area contributed by atoms with Crippen molar-refractivity contribution in [3.05, 3.63) is 0 Å². The lowest BCUT2D eigenvalue weighted by Gasteiger charge is -2.35. The van der Waals surface area contributed by atoms with Gasteiger partial charge in [0.15, 0.2) is 0 Å². The molecule has 0 aliphatic carbocycles. The number of rotatable bonds is 1. The van der Waals surface area contributed by atoms with Crippen LogP contribution in [0, 0.1) is 0 Å². The molecule has 0 aromatic heterocycles. The summed E-state index contributed by atoms with van der Waals surface area (Å²) < 4.78 is 25.4. The van der Waals surface area contributed by atoms with Crippen LogP contribution < -0.4 is 5.73 Å². The number of hydrogen-bond donors (Lipinski definition) is 1. The van der Waals surface area contributed by atoms with Crippen molar-refractivity contribution in [2.45, 2.75) is 57.4 Å². The largest absolute Gasteiger partial charge is 0.326 e. The van der Waals surface area contributed by atoms with Crippen molar-refractivity contribution in [1.29, 1.82) is 0 Å². The molecule has 0 bridgehead atoms. The highest BCUT2D eigenvalue weighted by molar-refractivity contribution is 7.90. The quantitative estimate of drug-likeness (QED) is 0.734. The first-order valence-electron chi connectivity index (χ1n) is 5.26. The fourth-order valence-corrected chi connectivity index (χ4v) is 3.80. The normalized spacial score (nSPS) is 28.3. The number of sulfonamides is 1. The maximum absolute atomic E-state index is 12.3. The van der Waals surface area contributed by atoms with E-state index in [4.69, 9.17) is 5.73 Å². The van der Waals surface area contributed by atoms with Crippen LogP contribution in [-0.4, -0.2) is 35.6 Å². The van der Waals surface area contributed by atoms with Crippen LogP contribution in [0.4, 0.5) is 0 Å². The SMILES string of the molecule is CC1(C)CC(N)CN1S(=O)(=O)C(C)(C)C. The smallest absolute Gasteiger partial charge is 0.219 e. The minimum Gasteiger partial charge on any atom is -0.326 e. The van der Waals surface area contributed by atoms with E-state index in [0.29, 0.717) is 6.54 Å². The molecule has 0 saturated carbocycles. The zero-order valence-electron chi connectivity index (χ0n) is 10.2. The molecule has 1 rings (SSSR count). The molecule has 1 saturated heterocycles. The molecule has 1 atom stereocenters. The summed E-state index contributed by atoms with van der Waals surface area (Å²) in [6.07, 6.45) is 0.725. The Labute approximate surface area is 92.9 Å². The summed E-state index contributed by atoms with van der Waals surface area (Å²) in [6, 6.07) is -0.0443. The second-order valence-corrected chi connectivity index (χ2v) is 8.54. The van der Waals surface area contributed by atoms with Crippen LogP contribution in [0.15, 0.2) is 0 Å². The molecule has 0 radical (unpaired) electrons. The van der Waals surface area contributed by atoms with E-state index >= 15 is 0 Å². The topological polar surface area (TPSA) is 63.4 Å². The third-order valence-corrected chi connectivity index (χ3v) is 5.67. The standard InChI is InChI=1S/C10H22N2O2S/c1-9(2,3)15(13,14)12-7-8(11)6-10(12,4)5/h8H,6-7,11H2,1-5H3. The van der Waals surface area contributed by atoms with Crippen molar-refractivity contribution in [2.24, 2.45) is 5.73 Å². The Morgan fingerprint density at radius 1 is 1.33 bits per heavy atom. The molecule has 0 spiro atoms. The van der Waals surface area contributed by atoms with E-state index in [1.54, 1.807) is 25.1 Å². The minimum atomic E-state index is -3.26. The summed E-state index contributed by atoms with van der Waals surface area (Å²) in [7, 11) is -3.26. The van der Waals surface area contributed by atoms with Crippen molar-refractivity contribution in [3.8, 4) is 0 Å². The molecular formula is C10H22N2O2S. The van der Waals surface area contributed by atoms with Crippen molar-refractivity contribution in [1.82, 2.24) is 4.31 Å². The molecule has 1 fully saturated rings. The number of nitrogens with two attached hydrogens (primary N) is 1. The molecule has 0 aromatic rings. The third-order valence-electron chi connectivity index (χ3n) is 2.90. The van der Waals surface area contributed by atoms with E-state index in [9.17, 15) is 8.42 Å². The van der Waals surface area contributed by atoms with E-state index < -0.39 is 14.8 Å². The summed E-state index contributed by atoms with van der Waals surface area (Å²) in [5, 5.41) is 0. The van der Waals surface area contributed by atoms with Crippen LogP contribution in [0.5, 0.6) is 0 Å². The van der Waals surface area contributed by atoms with Gasteiger partial charge in [0.2, 0.25) is 10.0 Å². The lowest BCUT2D eigenvalue weighted by Crippen LogP contribution is -2.49. The zero-order chi connectivity index (χ0) is 12.1. The lowest BCUT2D eigenvalue weighted by atomic mass is 10.0. The number of nitrogens with zero attached hydrogens (tertiary/aromatic N) is 1. The Morgan fingerprint density at radius 2 is 1.80 bits per heavy atom. The second-order valence-electron chi connectivity index (χ2n) is 5.93. The molecule has 1 unspecified atom stereocenters. The predicted octanol–water partition coefficient (Wildman–Crippen LogP) is 0.926. The van der Waals surface area contributed by atoms with Gasteiger partial charge in [-0.05, 0) is 41.0 Å². The lowest BCUT2D eigenvalue weighted by molar-refractivity contribution is 0.284. The van der Waals surface area contributed by atoms with Gasteiger partial charge in [0.1, 0.15) is 0 Å². The van der Waals surface area contributed by atoms with E-state index in [1.165, 1.54) is 0 Å². The van der Waals surface area contributed by atoms with Gasteiger partial charge >= 0.3 is 0 Å². The summed E-state index contributed by atoms with van der Waals surface area (Å²) in [6.45, 7) is 9.48. The maximum Gasteiger partial charge on any atom is 0.219 e. The van der Waals surface area contributed by atoms with Crippen LogP contribution in [0.1, 0.15) is 41.0 Å². The highest BCUT2D eigenvalue weighted by Gasteiger charge is 2.47. The van der Waals surface area contributed by atoms with E-state index in [0.717, 1.165) is 6.42 Å². The molecule has 1 aliphatic heterocycles. The van der Waals surface area contributed by atoms with E-state index in [2.05, 4.69) is 0 Å². The van der Waals surface area contributed by atoms with Gasteiger partial charge in [0.05, 0.1) is 4.75 Å². The highest BCUT2D eigenvalue weighted by Crippen LogP contribution is 2.34. The molecule has 15 heavy (non-hydrogen) atoms. The van der Waals surface area contributed by atoms with Gasteiger partial charge in [-0.3, -0.25) is 0 Å². The van der Waals surface area contributed by atoms with E-state index in [-0.39, 0.29) is 11.6 Å². The van der Waals surface area contributed by atoms with Gasteiger partial charge in [-0.15, -0.1) is 0 Å². The third kappa shape index (κ3) is 2.19. The summed E-state index contributed by atoms with van der Waals surface area (Å²) in [4.78, 5) is 0. The average molecular weight is 234 g/mol. The van der Waals surface area contributed by atoms with Crippen molar-refractivity contribution < 1.29 is 8.42 Å². The molecule has 1 aliphatic rings. The molecule has 2 N–H and O–H groups in total. The molecule has 4 nitrogen and oxygen atoms in total. The average Bonchev–Trinajstić information content (AvgIpc) is 2.21. The van der Waals surface area contributed by atoms with Crippen molar-refractivity contribution >= 4 is 10.0 Å². The molecular weight excluding hydrogens is 212 g/mol. The van der Waals surface area contributed by atoms with Crippen molar-refractivity contribution in [2.75, 3.05) is 6.54 Å². The van der Waals surface area contributed by atoms with Crippen LogP contribution in [0.3, 0.4) is 0 Å². The second kappa shape index (κ2) is 3.43. The first kappa shape index (κ1) is 12.9. The summed E-state index contributed by atoms with van der Waals surface area (Å²) in [5.74, 6) is 0. The summed E-state index contributed by atoms with van der Waals surface area (Å²) in [5.41, 5.74) is 5.48. The molecule has 0 amide bonds. The Balaban J connectivity index is 3.10. The fraction of sp³-hybridized carbons (Fsp3) is 1.00. The van der Waals surface area contributed by atoms with Crippen LogP contribution in [0.2, 0.25) is 0 Å². The van der Waals surface area contributed by atoms with Gasteiger partial charge in [-0.2, -0.15) is 4.31 Å². The Kier molecular flexibility index (Phi) is 2.96. The Hall–Kier alpha value is -0.130. The summed E-state index contributed by atoms with van der Waals surface area (Å²) >= 11 is 0. The highest BCUT2D eigenvalue weighted by atomic mass is 32.2. The fourth-order valence-electron chi connectivity index (χ4n) is 2.02. The number of hydrogen-bond acceptors (Lipinski definition) is 3. The van der Waals surface area contributed by atoms with Crippen LogP contribution in [0.25, 0.3) is 0 Å². The van der Waals surface area contributed by atoms with Gasteiger partial charge in [0, 0.05) is 18.1 Å². The van der Waals surface area contributed by atoms with Gasteiger partial charge in [0.25, 0.3) is 0 Å². The maximum atomic E-state index is 12.3. The zero-order valence-corrected chi connectivity index (χ0v) is 11.1. The monoisotopic (exact) mass is 234 g/mol. The van der Waals surface area contributed by atoms with Gasteiger partial charge in [-0.1, -0.05) is 0 Å². The van der Waals surface area contributed by atoms with E-state index in [1.807, 2.05) is 13.8 Å². The Bertz CT molecular complexity index is 341.